The molecule has 1 aromatic heterocycles. The molecule has 0 saturated heterocycles. The van der Waals surface area contributed by atoms with Gasteiger partial charge in [0.2, 0.25) is 0 Å². The standard InChI is InChI=1S/C28H20O6/c29-20-7-2-16(3-8-20)1-4-18-11-24(33)15-25-26(18)27(19-12-22(31)14-23(32)13-19)28(34-25)17-5-9-21(30)10-6-17/h1-15,29-33H. The minimum atomic E-state index is -0.110. The van der Waals surface area contributed by atoms with Crippen LogP contribution in [0.2, 0.25) is 0 Å². The SMILES string of the molecule is Oc1ccc(C=Cc2cc(O)cc3oc(-c4ccc(O)cc4)c(-c4cc(O)cc(O)c4)c23)cc1. The lowest BCUT2D eigenvalue weighted by molar-refractivity contribution is 0.451. The van der Waals surface area contributed by atoms with Gasteiger partial charge in [-0.15, -0.1) is 0 Å². The number of rotatable bonds is 4. The van der Waals surface area contributed by atoms with Gasteiger partial charge in [-0.05, 0) is 71.3 Å². The van der Waals surface area contributed by atoms with E-state index in [0.717, 1.165) is 5.56 Å². The number of phenolic OH excluding ortho intramolecular Hbond substituents is 5. The average Bonchev–Trinajstić information content (AvgIpc) is 3.17. The Kier molecular flexibility index (Phi) is 5.11. The van der Waals surface area contributed by atoms with Crippen LogP contribution in [0.4, 0.5) is 0 Å². The summed E-state index contributed by atoms with van der Waals surface area (Å²) < 4.78 is 6.18. The second kappa shape index (κ2) is 8.26. The van der Waals surface area contributed by atoms with Crippen LogP contribution in [0.5, 0.6) is 28.7 Å². The fraction of sp³-hybridized carbons (Fsp3) is 0. The molecule has 6 nitrogen and oxygen atoms in total. The van der Waals surface area contributed by atoms with Gasteiger partial charge >= 0.3 is 0 Å². The summed E-state index contributed by atoms with van der Waals surface area (Å²) in [5.41, 5.74) is 3.69. The zero-order chi connectivity index (χ0) is 23.8. The van der Waals surface area contributed by atoms with Crippen molar-refractivity contribution in [3.63, 3.8) is 0 Å². The highest BCUT2D eigenvalue weighted by atomic mass is 16.3. The van der Waals surface area contributed by atoms with Gasteiger partial charge < -0.3 is 29.9 Å². The lowest BCUT2D eigenvalue weighted by atomic mass is 9.95. The summed E-state index contributed by atoms with van der Waals surface area (Å²) in [5.74, 6) is 0.504. The number of hydrogen-bond donors (Lipinski definition) is 5. The number of fused-ring (bicyclic) bond motifs is 1. The van der Waals surface area contributed by atoms with Crippen molar-refractivity contribution < 1.29 is 29.9 Å². The third kappa shape index (κ3) is 4.00. The van der Waals surface area contributed by atoms with Gasteiger partial charge in [-0.1, -0.05) is 24.3 Å². The van der Waals surface area contributed by atoms with Crippen molar-refractivity contribution in [3.05, 3.63) is 90.0 Å². The molecular weight excluding hydrogens is 432 g/mol. The zero-order valence-electron chi connectivity index (χ0n) is 17.8. The smallest absolute Gasteiger partial charge is 0.143 e. The first-order chi connectivity index (χ1) is 16.4. The molecule has 0 aliphatic rings. The van der Waals surface area contributed by atoms with Crippen molar-refractivity contribution in [1.82, 2.24) is 0 Å². The van der Waals surface area contributed by atoms with E-state index in [2.05, 4.69) is 0 Å². The van der Waals surface area contributed by atoms with Gasteiger partial charge in [-0.2, -0.15) is 0 Å². The fourth-order valence-corrected chi connectivity index (χ4v) is 3.98. The second-order valence-corrected chi connectivity index (χ2v) is 7.92. The molecule has 0 spiro atoms. The predicted molar refractivity (Wildman–Crippen MR) is 131 cm³/mol. The Labute approximate surface area is 194 Å². The van der Waals surface area contributed by atoms with Gasteiger partial charge in [0.05, 0.1) is 0 Å². The largest absolute Gasteiger partial charge is 0.508 e. The Morgan fingerprint density at radius 3 is 1.76 bits per heavy atom. The topological polar surface area (TPSA) is 114 Å². The normalized spacial score (nSPS) is 11.4. The van der Waals surface area contributed by atoms with Gasteiger partial charge in [0.25, 0.3) is 0 Å². The van der Waals surface area contributed by atoms with E-state index in [1.54, 1.807) is 42.5 Å². The number of benzene rings is 4. The molecule has 0 fully saturated rings. The Morgan fingerprint density at radius 2 is 1.12 bits per heavy atom. The van der Waals surface area contributed by atoms with E-state index in [4.69, 9.17) is 4.42 Å². The summed E-state index contributed by atoms with van der Waals surface area (Å²) in [4.78, 5) is 0. The van der Waals surface area contributed by atoms with Gasteiger partial charge in [0.1, 0.15) is 40.1 Å². The van der Waals surface area contributed by atoms with E-state index in [-0.39, 0.29) is 28.7 Å². The van der Waals surface area contributed by atoms with Crippen LogP contribution in [0.15, 0.2) is 83.3 Å². The summed E-state index contributed by atoms with van der Waals surface area (Å²) in [5, 5.41) is 50.6. The molecule has 0 amide bonds. The summed E-state index contributed by atoms with van der Waals surface area (Å²) in [6.07, 6.45) is 3.65. The number of phenols is 5. The van der Waals surface area contributed by atoms with E-state index in [9.17, 15) is 25.5 Å². The number of furan rings is 1. The maximum absolute atomic E-state index is 10.4. The third-order valence-corrected chi connectivity index (χ3v) is 5.48. The lowest BCUT2D eigenvalue weighted by Gasteiger charge is -2.08. The van der Waals surface area contributed by atoms with Crippen LogP contribution in [0.1, 0.15) is 11.1 Å². The summed E-state index contributed by atoms with van der Waals surface area (Å²) in [7, 11) is 0. The first kappa shape index (κ1) is 21.0. The van der Waals surface area contributed by atoms with E-state index >= 15 is 0 Å². The molecule has 5 aromatic rings. The Hall–Kier alpha value is -4.84. The van der Waals surface area contributed by atoms with Crippen molar-refractivity contribution in [2.45, 2.75) is 0 Å². The van der Waals surface area contributed by atoms with Gasteiger partial charge in [-0.25, -0.2) is 0 Å². The maximum Gasteiger partial charge on any atom is 0.143 e. The quantitative estimate of drug-likeness (QED) is 0.200. The van der Waals surface area contributed by atoms with Crippen molar-refractivity contribution in [3.8, 4) is 51.2 Å². The van der Waals surface area contributed by atoms with Crippen molar-refractivity contribution in [2.24, 2.45) is 0 Å². The molecule has 4 aromatic carbocycles. The lowest BCUT2D eigenvalue weighted by Crippen LogP contribution is -1.84. The highest BCUT2D eigenvalue weighted by Gasteiger charge is 2.21. The highest BCUT2D eigenvalue weighted by Crippen LogP contribution is 2.45. The molecule has 0 saturated carbocycles. The van der Waals surface area contributed by atoms with Crippen molar-refractivity contribution in [2.75, 3.05) is 0 Å². The fourth-order valence-electron chi connectivity index (χ4n) is 3.98. The Morgan fingerprint density at radius 1 is 0.529 bits per heavy atom. The van der Waals surface area contributed by atoms with Crippen LogP contribution in [-0.4, -0.2) is 25.5 Å². The summed E-state index contributed by atoms with van der Waals surface area (Å²) in [6.45, 7) is 0. The van der Waals surface area contributed by atoms with Crippen LogP contribution in [0, 0.1) is 0 Å². The minimum Gasteiger partial charge on any atom is -0.508 e. The molecule has 0 atom stereocenters. The molecule has 168 valence electrons. The van der Waals surface area contributed by atoms with Crippen LogP contribution >= 0.6 is 0 Å². The Bertz CT molecular complexity index is 1510. The summed E-state index contributed by atoms with van der Waals surface area (Å²) >= 11 is 0. The molecule has 6 heteroatoms. The van der Waals surface area contributed by atoms with Crippen LogP contribution < -0.4 is 0 Å². The zero-order valence-corrected chi connectivity index (χ0v) is 17.8. The monoisotopic (exact) mass is 452 g/mol. The molecule has 34 heavy (non-hydrogen) atoms. The first-order valence-electron chi connectivity index (χ1n) is 10.5. The molecule has 5 N–H and O–H groups in total. The van der Waals surface area contributed by atoms with Crippen LogP contribution in [0.3, 0.4) is 0 Å². The summed E-state index contributed by atoms with van der Waals surface area (Å²) in [6, 6.07) is 20.5. The second-order valence-electron chi connectivity index (χ2n) is 7.92. The molecule has 0 radical (unpaired) electrons. The van der Waals surface area contributed by atoms with E-state index in [1.807, 2.05) is 12.2 Å². The molecule has 1 heterocycles. The highest BCUT2D eigenvalue weighted by molar-refractivity contribution is 6.07. The molecule has 0 aliphatic carbocycles. The predicted octanol–water partition coefficient (Wildman–Crippen LogP) is 6.47. The van der Waals surface area contributed by atoms with Crippen LogP contribution in [-0.2, 0) is 0 Å². The molecular formula is C28H20O6. The van der Waals surface area contributed by atoms with Crippen molar-refractivity contribution in [1.29, 1.82) is 0 Å². The minimum absolute atomic E-state index is 0.00849. The van der Waals surface area contributed by atoms with Gasteiger partial charge in [0, 0.05) is 28.6 Å². The van der Waals surface area contributed by atoms with E-state index in [0.29, 0.717) is 39.0 Å². The first-order valence-corrected chi connectivity index (χ1v) is 10.5. The van der Waals surface area contributed by atoms with E-state index in [1.165, 1.54) is 36.4 Å². The van der Waals surface area contributed by atoms with Crippen LogP contribution in [0.25, 0.3) is 45.6 Å². The molecule has 0 bridgehead atoms. The average molecular weight is 452 g/mol. The van der Waals surface area contributed by atoms with E-state index < -0.39 is 0 Å². The van der Waals surface area contributed by atoms with Crippen molar-refractivity contribution >= 4 is 23.1 Å². The molecule has 0 aliphatic heterocycles. The Balaban J connectivity index is 1.79. The number of hydrogen-bond acceptors (Lipinski definition) is 6. The maximum atomic E-state index is 10.4. The van der Waals surface area contributed by atoms with Gasteiger partial charge in [-0.3, -0.25) is 0 Å². The molecule has 0 unspecified atom stereocenters. The number of aromatic hydroxyl groups is 5. The molecule has 5 rings (SSSR count). The van der Waals surface area contributed by atoms with Gasteiger partial charge in [0.15, 0.2) is 0 Å². The third-order valence-electron chi connectivity index (χ3n) is 5.48.